The van der Waals surface area contributed by atoms with Crippen LogP contribution in [0, 0.1) is 35.0 Å². The van der Waals surface area contributed by atoms with E-state index in [0.29, 0.717) is 44.2 Å². The number of hydrogen-bond acceptors (Lipinski definition) is 3. The maximum Gasteiger partial charge on any atom is 0.317 e. The predicted molar refractivity (Wildman–Crippen MR) is 127 cm³/mol. The van der Waals surface area contributed by atoms with Gasteiger partial charge in [-0.05, 0) is 51.3 Å². The van der Waals surface area contributed by atoms with E-state index in [-0.39, 0.29) is 17.8 Å². The van der Waals surface area contributed by atoms with Crippen LogP contribution in [0.1, 0.15) is 31.7 Å². The third-order valence-electron chi connectivity index (χ3n) is 7.18. The highest BCUT2D eigenvalue weighted by Gasteiger charge is 2.29. The average molecular weight is 511 g/mol. The fraction of sp³-hybridized carbons (Fsp3) is 0.500. The summed E-state index contributed by atoms with van der Waals surface area (Å²) >= 11 is 0. The van der Waals surface area contributed by atoms with E-state index in [1.165, 1.54) is 6.07 Å². The van der Waals surface area contributed by atoms with Crippen molar-refractivity contribution in [2.45, 2.75) is 38.8 Å². The molecule has 1 atom stereocenters. The monoisotopic (exact) mass is 510 g/mol. The first-order chi connectivity index (χ1) is 17.2. The molecule has 1 N–H and O–H groups in total. The minimum absolute atomic E-state index is 0.183. The molecule has 196 valence electrons. The number of rotatable bonds is 6. The van der Waals surface area contributed by atoms with E-state index >= 15 is 0 Å². The summed E-state index contributed by atoms with van der Waals surface area (Å²) in [7, 11) is 0. The Morgan fingerprint density at radius 1 is 0.944 bits per heavy atom. The molecule has 0 radical (unpaired) electrons. The zero-order valence-electron chi connectivity index (χ0n) is 20.3. The van der Waals surface area contributed by atoms with E-state index in [2.05, 4.69) is 10.2 Å². The summed E-state index contributed by atoms with van der Waals surface area (Å²) in [4.78, 5) is 18.3. The van der Waals surface area contributed by atoms with Crippen molar-refractivity contribution in [1.29, 1.82) is 0 Å². The maximum atomic E-state index is 13.9. The van der Waals surface area contributed by atoms with Crippen LogP contribution in [0.4, 0.5) is 32.4 Å². The Morgan fingerprint density at radius 2 is 1.64 bits per heavy atom. The summed E-state index contributed by atoms with van der Waals surface area (Å²) in [6.07, 6.45) is 2.68. The van der Waals surface area contributed by atoms with Gasteiger partial charge in [0, 0.05) is 62.1 Å². The molecule has 0 saturated carbocycles. The van der Waals surface area contributed by atoms with Crippen LogP contribution in [0.2, 0.25) is 0 Å². The van der Waals surface area contributed by atoms with Crippen molar-refractivity contribution in [2.24, 2.45) is 5.92 Å². The van der Waals surface area contributed by atoms with Crippen molar-refractivity contribution in [3.63, 3.8) is 0 Å². The fourth-order valence-electron chi connectivity index (χ4n) is 5.05. The lowest BCUT2D eigenvalue weighted by atomic mass is 9.93. The van der Waals surface area contributed by atoms with Crippen LogP contribution in [0.15, 0.2) is 30.3 Å². The van der Waals surface area contributed by atoms with Gasteiger partial charge in [0.15, 0.2) is 29.1 Å². The molecule has 0 unspecified atom stereocenters. The highest BCUT2D eigenvalue weighted by atomic mass is 19.2. The lowest BCUT2D eigenvalue weighted by Gasteiger charge is -2.41. The van der Waals surface area contributed by atoms with Gasteiger partial charge in [-0.15, -0.1) is 0 Å². The number of carbonyl (C=O) groups excluding carboxylic acids is 1. The SMILES string of the molecule is C[C@@H]1CN(c2cc(F)c(F)c(F)c2)CCN1C(=O)NCCC1CCN(Cc2cccc(F)c2F)CC1. The quantitative estimate of drug-likeness (QED) is 0.444. The van der Waals surface area contributed by atoms with Crippen LogP contribution in [0.3, 0.4) is 0 Å². The summed E-state index contributed by atoms with van der Waals surface area (Å²) in [5.74, 6) is -5.12. The molecule has 2 saturated heterocycles. The Kier molecular flexibility index (Phi) is 8.33. The van der Waals surface area contributed by atoms with E-state index in [9.17, 15) is 26.7 Å². The number of likely N-dealkylation sites (tertiary alicyclic amines) is 1. The van der Waals surface area contributed by atoms with Crippen molar-refractivity contribution >= 4 is 11.7 Å². The second-order valence-electron chi connectivity index (χ2n) is 9.66. The van der Waals surface area contributed by atoms with E-state index in [4.69, 9.17) is 0 Å². The smallest absolute Gasteiger partial charge is 0.317 e. The summed E-state index contributed by atoms with van der Waals surface area (Å²) in [6.45, 7) is 5.49. The van der Waals surface area contributed by atoms with Gasteiger partial charge in [0.05, 0.1) is 0 Å². The normalized spacial score (nSPS) is 19.6. The number of urea groups is 1. The standard InChI is InChI=1S/C26H31F5N4O/c1-17-15-34(20-13-22(28)25(31)23(29)14-20)11-12-35(17)26(36)32-8-5-18-6-9-33(10-7-18)16-19-3-2-4-21(27)24(19)30/h2-4,13-14,17-18H,5-12,15-16H2,1H3,(H,32,36)/t17-/m1/s1. The minimum atomic E-state index is -1.49. The summed E-state index contributed by atoms with van der Waals surface area (Å²) in [5, 5.41) is 2.97. The molecule has 0 spiro atoms. The molecule has 2 amide bonds. The molecule has 2 heterocycles. The Morgan fingerprint density at radius 3 is 2.31 bits per heavy atom. The van der Waals surface area contributed by atoms with Gasteiger partial charge >= 0.3 is 6.03 Å². The van der Waals surface area contributed by atoms with Gasteiger partial charge in [0.1, 0.15) is 0 Å². The van der Waals surface area contributed by atoms with Gasteiger partial charge in [0.2, 0.25) is 0 Å². The first-order valence-electron chi connectivity index (χ1n) is 12.3. The average Bonchev–Trinajstić information content (AvgIpc) is 2.86. The highest BCUT2D eigenvalue weighted by Crippen LogP contribution is 2.25. The summed E-state index contributed by atoms with van der Waals surface area (Å²) in [6, 6.07) is 5.82. The molecule has 2 aromatic carbocycles. The molecule has 2 aliphatic rings. The molecular formula is C26H31F5N4O. The lowest BCUT2D eigenvalue weighted by Crippen LogP contribution is -2.56. The number of benzene rings is 2. The van der Waals surface area contributed by atoms with Crippen molar-refractivity contribution in [3.05, 3.63) is 65.0 Å². The van der Waals surface area contributed by atoms with Crippen LogP contribution in [0.25, 0.3) is 0 Å². The number of piperidine rings is 1. The minimum Gasteiger partial charge on any atom is -0.368 e. The molecule has 36 heavy (non-hydrogen) atoms. The molecule has 0 bridgehead atoms. The molecule has 0 aliphatic carbocycles. The topological polar surface area (TPSA) is 38.8 Å². The van der Waals surface area contributed by atoms with Crippen LogP contribution >= 0.6 is 0 Å². The number of nitrogens with one attached hydrogen (secondary N) is 1. The predicted octanol–water partition coefficient (Wildman–Crippen LogP) is 4.90. The van der Waals surface area contributed by atoms with E-state index < -0.39 is 29.1 Å². The fourth-order valence-corrected chi connectivity index (χ4v) is 5.05. The Hall–Kier alpha value is -2.88. The van der Waals surface area contributed by atoms with Crippen LogP contribution in [0.5, 0.6) is 0 Å². The molecule has 2 aromatic rings. The number of carbonyl (C=O) groups is 1. The molecule has 10 heteroatoms. The number of halogens is 5. The number of hydrogen-bond donors (Lipinski definition) is 1. The third-order valence-corrected chi connectivity index (χ3v) is 7.18. The van der Waals surface area contributed by atoms with E-state index in [0.717, 1.165) is 50.6 Å². The zero-order chi connectivity index (χ0) is 25.8. The second kappa shape index (κ2) is 11.5. The van der Waals surface area contributed by atoms with Crippen molar-refractivity contribution in [2.75, 3.05) is 44.2 Å². The highest BCUT2D eigenvalue weighted by molar-refractivity contribution is 5.75. The van der Waals surface area contributed by atoms with Crippen LogP contribution in [-0.4, -0.2) is 61.1 Å². The number of anilines is 1. The Bertz CT molecular complexity index is 1050. The third kappa shape index (κ3) is 6.08. The molecule has 4 rings (SSSR count). The van der Waals surface area contributed by atoms with Crippen LogP contribution in [-0.2, 0) is 6.54 Å². The molecule has 0 aromatic heterocycles. The number of nitrogens with zero attached hydrogens (tertiary/aromatic N) is 3. The second-order valence-corrected chi connectivity index (χ2v) is 9.66. The molecule has 5 nitrogen and oxygen atoms in total. The van der Waals surface area contributed by atoms with E-state index in [1.54, 1.807) is 15.9 Å². The van der Waals surface area contributed by atoms with Crippen molar-refractivity contribution in [1.82, 2.24) is 15.1 Å². The van der Waals surface area contributed by atoms with Crippen LogP contribution < -0.4 is 10.2 Å². The van der Waals surface area contributed by atoms with E-state index in [1.807, 2.05) is 6.92 Å². The Labute approximate surface area is 207 Å². The molecular weight excluding hydrogens is 479 g/mol. The zero-order valence-corrected chi connectivity index (χ0v) is 20.3. The largest absolute Gasteiger partial charge is 0.368 e. The van der Waals surface area contributed by atoms with Gasteiger partial charge in [-0.2, -0.15) is 0 Å². The van der Waals surface area contributed by atoms with Crippen molar-refractivity contribution in [3.8, 4) is 0 Å². The molecule has 2 fully saturated rings. The summed E-state index contributed by atoms with van der Waals surface area (Å²) in [5.41, 5.74) is 0.620. The first-order valence-corrected chi connectivity index (χ1v) is 12.3. The van der Waals surface area contributed by atoms with Gasteiger partial charge in [-0.3, -0.25) is 4.90 Å². The number of piperazine rings is 1. The first kappa shape index (κ1) is 26.2. The van der Waals surface area contributed by atoms with Gasteiger partial charge < -0.3 is 15.1 Å². The summed E-state index contributed by atoms with van der Waals surface area (Å²) < 4.78 is 67.8. The van der Waals surface area contributed by atoms with Crippen molar-refractivity contribution < 1.29 is 26.7 Å². The van der Waals surface area contributed by atoms with Gasteiger partial charge in [-0.1, -0.05) is 12.1 Å². The lowest BCUT2D eigenvalue weighted by molar-refractivity contribution is 0.161. The molecule has 2 aliphatic heterocycles. The van der Waals surface area contributed by atoms with Gasteiger partial charge in [-0.25, -0.2) is 26.7 Å². The maximum absolute atomic E-state index is 13.9. The van der Waals surface area contributed by atoms with Gasteiger partial charge in [0.25, 0.3) is 0 Å². The Balaban J connectivity index is 1.18. The number of amides is 2.